The molecule has 3 N–H and O–H groups in total. The number of carbonyl (C=O) groups is 3. The van der Waals surface area contributed by atoms with E-state index >= 15 is 0 Å². The molecule has 3 atom stereocenters. The lowest BCUT2D eigenvalue weighted by molar-refractivity contribution is 0.0601. The number of phosphoric ester groups is 1. The topological polar surface area (TPSA) is 189 Å². The molecule has 262 valence electrons. The summed E-state index contributed by atoms with van der Waals surface area (Å²) in [5, 5.41) is 2.64. The highest BCUT2D eigenvalue weighted by molar-refractivity contribution is 7.89. The fourth-order valence-electron chi connectivity index (χ4n) is 5.72. The van der Waals surface area contributed by atoms with E-state index < -0.39 is 60.5 Å². The van der Waals surface area contributed by atoms with Gasteiger partial charge in [0, 0.05) is 19.5 Å². The maximum absolute atomic E-state index is 14.1. The fraction of sp³-hybridized carbons (Fsp3) is 0.364. The number of ether oxygens (including phenoxy) is 2. The number of benzene rings is 3. The Morgan fingerprint density at radius 3 is 2.14 bits per heavy atom. The number of amides is 3. The Labute approximate surface area is 284 Å². The highest BCUT2D eigenvalue weighted by Gasteiger charge is 2.39. The summed E-state index contributed by atoms with van der Waals surface area (Å²) in [6.07, 6.45) is -2.44. The number of hydrogen-bond acceptors (Lipinski definition) is 9. The second-order valence-electron chi connectivity index (χ2n) is 12.2. The van der Waals surface area contributed by atoms with Gasteiger partial charge in [-0.3, -0.25) is 14.1 Å². The summed E-state index contributed by atoms with van der Waals surface area (Å²) in [5.74, 6) is -1.31. The quantitative estimate of drug-likeness (QED) is 0.163. The summed E-state index contributed by atoms with van der Waals surface area (Å²) in [6, 6.07) is 19.2. The number of nitrogens with one attached hydrogen (secondary N) is 1. The van der Waals surface area contributed by atoms with Crippen LogP contribution in [0.4, 0.5) is 10.5 Å². The molecule has 0 bridgehead atoms. The van der Waals surface area contributed by atoms with Gasteiger partial charge in [0.15, 0.2) is 0 Å². The van der Waals surface area contributed by atoms with Crippen molar-refractivity contribution in [2.75, 3.05) is 31.2 Å². The zero-order chi connectivity index (χ0) is 35.3. The summed E-state index contributed by atoms with van der Waals surface area (Å²) in [6.45, 7) is 3.52. The van der Waals surface area contributed by atoms with Crippen LogP contribution in [0.5, 0.6) is 0 Å². The molecule has 1 saturated heterocycles. The monoisotopic (exact) mass is 715 g/mol. The number of carbonyl (C=O) groups excluding carboxylic acids is 3. The van der Waals surface area contributed by atoms with E-state index in [-0.39, 0.29) is 47.2 Å². The SMILES string of the molecule is CC(C)CN(C[C@@H](OP(=O)(O)O)[C@H](Cc1ccccc1)NC(=O)O[C@H]1CCOC1)S(=O)(=O)c1ccc(N2C(=O)c3ccccc3C2=O)cc1. The first-order chi connectivity index (χ1) is 23.2. The Balaban J connectivity index is 1.44. The van der Waals surface area contributed by atoms with Gasteiger partial charge in [-0.25, -0.2) is 22.7 Å². The summed E-state index contributed by atoms with van der Waals surface area (Å²) in [7, 11) is -9.60. The summed E-state index contributed by atoms with van der Waals surface area (Å²) in [5.41, 5.74) is 1.32. The van der Waals surface area contributed by atoms with Crippen LogP contribution in [0.15, 0.2) is 83.8 Å². The number of anilines is 1. The Morgan fingerprint density at radius 1 is 0.980 bits per heavy atom. The van der Waals surface area contributed by atoms with E-state index in [1.54, 1.807) is 56.3 Å². The smallest absolute Gasteiger partial charge is 0.444 e. The normalized spacial score (nSPS) is 17.8. The van der Waals surface area contributed by atoms with Crippen molar-refractivity contribution in [3.63, 3.8) is 0 Å². The third-order valence-electron chi connectivity index (χ3n) is 7.96. The van der Waals surface area contributed by atoms with Gasteiger partial charge in [-0.05, 0) is 54.3 Å². The molecule has 3 amide bonds. The number of phosphoric acid groups is 1. The van der Waals surface area contributed by atoms with Crippen LogP contribution >= 0.6 is 7.82 Å². The van der Waals surface area contributed by atoms with E-state index in [4.69, 9.17) is 14.0 Å². The summed E-state index contributed by atoms with van der Waals surface area (Å²) in [4.78, 5) is 59.6. The fourth-order valence-corrected chi connectivity index (χ4v) is 7.90. The van der Waals surface area contributed by atoms with Gasteiger partial charge in [0.1, 0.15) is 12.2 Å². The van der Waals surface area contributed by atoms with Crippen LogP contribution in [0, 0.1) is 5.92 Å². The average Bonchev–Trinajstić information content (AvgIpc) is 3.65. The highest BCUT2D eigenvalue weighted by Crippen LogP contribution is 2.39. The van der Waals surface area contributed by atoms with E-state index in [0.717, 1.165) is 9.21 Å². The van der Waals surface area contributed by atoms with Gasteiger partial charge < -0.3 is 24.6 Å². The molecule has 0 spiro atoms. The van der Waals surface area contributed by atoms with E-state index in [2.05, 4.69) is 5.32 Å². The molecule has 1 fully saturated rings. The van der Waals surface area contributed by atoms with E-state index in [9.17, 15) is 37.2 Å². The predicted octanol–water partition coefficient (Wildman–Crippen LogP) is 3.74. The Bertz CT molecular complexity index is 1780. The van der Waals surface area contributed by atoms with Gasteiger partial charge in [-0.15, -0.1) is 0 Å². The summed E-state index contributed by atoms with van der Waals surface area (Å²) < 4.78 is 57.5. The van der Waals surface area contributed by atoms with Crippen molar-refractivity contribution in [1.82, 2.24) is 9.62 Å². The van der Waals surface area contributed by atoms with Crippen LogP contribution in [0.1, 0.15) is 46.5 Å². The third-order valence-corrected chi connectivity index (χ3v) is 10.4. The van der Waals surface area contributed by atoms with Crippen LogP contribution in [-0.4, -0.2) is 85.0 Å². The van der Waals surface area contributed by atoms with Gasteiger partial charge in [0.2, 0.25) is 10.0 Å². The molecule has 2 aliphatic rings. The second kappa shape index (κ2) is 15.3. The van der Waals surface area contributed by atoms with Gasteiger partial charge >= 0.3 is 13.9 Å². The lowest BCUT2D eigenvalue weighted by Crippen LogP contribution is -2.52. The number of rotatable bonds is 14. The molecule has 3 aromatic rings. The molecular weight excluding hydrogens is 677 g/mol. The number of imide groups is 1. The van der Waals surface area contributed by atoms with Crippen LogP contribution in [0.25, 0.3) is 0 Å². The first kappa shape index (κ1) is 36.3. The Kier molecular flexibility index (Phi) is 11.3. The summed E-state index contributed by atoms with van der Waals surface area (Å²) >= 11 is 0. The first-order valence-corrected chi connectivity index (χ1v) is 18.6. The van der Waals surface area contributed by atoms with Crippen molar-refractivity contribution in [3.05, 3.63) is 95.6 Å². The molecule has 0 aromatic heterocycles. The minimum atomic E-state index is -5.23. The molecule has 14 nitrogen and oxygen atoms in total. The van der Waals surface area contributed by atoms with Crippen molar-refractivity contribution >= 4 is 41.4 Å². The largest absolute Gasteiger partial charge is 0.469 e. The molecule has 0 saturated carbocycles. The lowest BCUT2D eigenvalue weighted by atomic mass is 10.0. The van der Waals surface area contributed by atoms with Crippen molar-refractivity contribution in [3.8, 4) is 0 Å². The molecule has 2 heterocycles. The van der Waals surface area contributed by atoms with Crippen LogP contribution in [0.3, 0.4) is 0 Å². The molecule has 49 heavy (non-hydrogen) atoms. The maximum atomic E-state index is 14.1. The van der Waals surface area contributed by atoms with E-state index in [1.165, 1.54) is 36.4 Å². The van der Waals surface area contributed by atoms with Gasteiger partial charge in [0.05, 0.1) is 41.0 Å². The molecule has 2 aliphatic heterocycles. The maximum Gasteiger partial charge on any atom is 0.469 e. The lowest BCUT2D eigenvalue weighted by Gasteiger charge is -2.33. The molecule has 0 radical (unpaired) electrons. The van der Waals surface area contributed by atoms with Gasteiger partial charge in [0.25, 0.3) is 11.8 Å². The van der Waals surface area contributed by atoms with E-state index in [0.29, 0.717) is 18.6 Å². The van der Waals surface area contributed by atoms with Gasteiger partial charge in [-0.1, -0.05) is 56.3 Å². The molecule has 0 aliphatic carbocycles. The van der Waals surface area contributed by atoms with Crippen molar-refractivity contribution in [2.45, 2.75) is 49.8 Å². The van der Waals surface area contributed by atoms with Gasteiger partial charge in [-0.2, -0.15) is 4.31 Å². The Hall–Kier alpha value is -3.95. The number of alkyl carbamates (subject to hydrolysis) is 1. The van der Waals surface area contributed by atoms with E-state index in [1.807, 2.05) is 0 Å². The van der Waals surface area contributed by atoms with Crippen LogP contribution in [0.2, 0.25) is 0 Å². The van der Waals surface area contributed by atoms with Crippen molar-refractivity contribution in [1.29, 1.82) is 0 Å². The zero-order valence-corrected chi connectivity index (χ0v) is 28.6. The first-order valence-electron chi connectivity index (χ1n) is 15.6. The molecular formula is C33H38N3O11PS. The number of nitrogens with zero attached hydrogens (tertiary/aromatic N) is 2. The molecule has 5 rings (SSSR count). The molecule has 0 unspecified atom stereocenters. The highest BCUT2D eigenvalue weighted by atomic mass is 32.2. The average molecular weight is 716 g/mol. The van der Waals surface area contributed by atoms with Crippen molar-refractivity contribution < 1.29 is 51.2 Å². The van der Waals surface area contributed by atoms with Crippen LogP contribution < -0.4 is 10.2 Å². The zero-order valence-electron chi connectivity index (χ0n) is 26.9. The number of sulfonamides is 1. The van der Waals surface area contributed by atoms with Crippen molar-refractivity contribution in [2.24, 2.45) is 5.92 Å². The minimum absolute atomic E-state index is 0.0202. The van der Waals surface area contributed by atoms with Crippen LogP contribution in [-0.2, 0) is 35.0 Å². The minimum Gasteiger partial charge on any atom is -0.444 e. The third kappa shape index (κ3) is 9.00. The number of hydrogen-bond donors (Lipinski definition) is 3. The Morgan fingerprint density at radius 2 is 1.59 bits per heavy atom. The predicted molar refractivity (Wildman–Crippen MR) is 177 cm³/mol. The number of fused-ring (bicyclic) bond motifs is 1. The standard InChI is InChI=1S/C33H38N3O11PS/c1-22(2)19-35(49(43,44)26-14-12-24(13-15-26)36-31(37)27-10-6-7-11-28(27)32(36)38)20-30(47-48(40,41)42)29(18-23-8-4-3-5-9-23)34-33(39)46-25-16-17-45-21-25/h3-15,22,25,29-30H,16-21H2,1-2H3,(H,34,39)(H2,40,41,42)/t25-,29-,30+/m0/s1. The second-order valence-corrected chi connectivity index (χ2v) is 15.3. The molecule has 3 aromatic carbocycles. The molecule has 16 heteroatoms.